The van der Waals surface area contributed by atoms with Gasteiger partial charge in [0.25, 0.3) is 0 Å². The number of carbonyl (C=O) groups is 2. The Labute approximate surface area is 145 Å². The molecule has 0 radical (unpaired) electrons. The molecular weight excluding hydrogens is 320 g/mol. The first-order valence-electron chi connectivity index (χ1n) is 7.30. The first-order chi connectivity index (χ1) is 11.6. The largest absolute Gasteiger partial charge is 0.349 e. The van der Waals surface area contributed by atoms with Gasteiger partial charge in [-0.05, 0) is 19.1 Å². The number of carbonyl (C=O) groups excluding carboxylic acids is 2. The third-order valence-electron chi connectivity index (χ3n) is 3.05. The van der Waals surface area contributed by atoms with E-state index in [1.54, 1.807) is 30.3 Å². The van der Waals surface area contributed by atoms with Gasteiger partial charge in [0.05, 0.1) is 10.8 Å². The number of Topliss-reactive ketones (excluding diaryl/α,β-unsaturated/α-hetero) is 2. The third-order valence-corrected chi connectivity index (χ3v) is 4.20. The summed E-state index contributed by atoms with van der Waals surface area (Å²) in [5.74, 6) is -0.216. The van der Waals surface area contributed by atoms with Crippen molar-refractivity contribution in [3.05, 3.63) is 76.8 Å². The molecule has 4 nitrogen and oxygen atoms in total. The summed E-state index contributed by atoms with van der Waals surface area (Å²) in [4.78, 5) is 23.9. The topological polar surface area (TPSA) is 70.0 Å². The van der Waals surface area contributed by atoms with Crippen molar-refractivity contribution in [1.82, 2.24) is 0 Å². The monoisotopic (exact) mass is 336 g/mol. The van der Waals surface area contributed by atoms with Crippen molar-refractivity contribution in [2.24, 2.45) is 0 Å². The van der Waals surface area contributed by atoms with Gasteiger partial charge in [-0.2, -0.15) is 5.26 Å². The summed E-state index contributed by atoms with van der Waals surface area (Å²) < 4.78 is 0. The fourth-order valence-electron chi connectivity index (χ4n) is 1.94. The van der Waals surface area contributed by atoms with Crippen LogP contribution in [0.1, 0.15) is 17.3 Å². The summed E-state index contributed by atoms with van der Waals surface area (Å²) in [5, 5.41) is 13.0. The van der Waals surface area contributed by atoms with E-state index in [0.29, 0.717) is 10.6 Å². The van der Waals surface area contributed by atoms with Gasteiger partial charge < -0.3 is 5.32 Å². The van der Waals surface area contributed by atoms with E-state index in [0.717, 1.165) is 17.4 Å². The summed E-state index contributed by atoms with van der Waals surface area (Å²) in [6, 6.07) is 19.8. The SMILES string of the molecule is CC(=O)CS/C(Nc1ccccc1)=C(/C#N)C(=O)c1ccccc1. The minimum Gasteiger partial charge on any atom is -0.349 e. The van der Waals surface area contributed by atoms with Crippen LogP contribution in [-0.2, 0) is 4.79 Å². The van der Waals surface area contributed by atoms with E-state index in [-0.39, 0.29) is 22.9 Å². The molecule has 0 atom stereocenters. The van der Waals surface area contributed by atoms with E-state index in [1.807, 2.05) is 36.4 Å². The first kappa shape index (κ1) is 17.5. The Morgan fingerprint density at radius 2 is 1.62 bits per heavy atom. The molecule has 2 aromatic rings. The predicted octanol–water partition coefficient (Wildman–Crippen LogP) is 4.04. The fraction of sp³-hybridized carbons (Fsp3) is 0.105. The minimum absolute atomic E-state index is 0.00342. The number of benzene rings is 2. The quantitative estimate of drug-likeness (QED) is 0.469. The van der Waals surface area contributed by atoms with Gasteiger partial charge in [-0.1, -0.05) is 60.3 Å². The standard InChI is InChI=1S/C19H16N2O2S/c1-14(22)13-24-19(21-16-10-6-3-7-11-16)17(12-20)18(23)15-8-4-2-5-9-15/h2-11,21H,13H2,1H3/b19-17-. The molecule has 0 saturated carbocycles. The van der Waals surface area contributed by atoms with Crippen molar-refractivity contribution in [3.63, 3.8) is 0 Å². The maximum Gasteiger partial charge on any atom is 0.206 e. The first-order valence-corrected chi connectivity index (χ1v) is 8.29. The molecule has 0 aliphatic rings. The Hall–Kier alpha value is -2.84. The lowest BCUT2D eigenvalue weighted by atomic mass is 10.1. The maximum atomic E-state index is 12.6. The number of allylic oxidation sites excluding steroid dienone is 1. The molecule has 24 heavy (non-hydrogen) atoms. The number of rotatable bonds is 7. The van der Waals surface area contributed by atoms with Gasteiger partial charge in [0.1, 0.15) is 17.4 Å². The van der Waals surface area contributed by atoms with Gasteiger partial charge in [0.2, 0.25) is 5.78 Å². The second kappa shape index (κ2) is 8.70. The number of hydrogen-bond donors (Lipinski definition) is 1. The number of anilines is 1. The zero-order valence-corrected chi connectivity index (χ0v) is 14.0. The Bertz CT molecular complexity index is 793. The number of ketones is 2. The third kappa shape index (κ3) is 4.83. The zero-order valence-electron chi connectivity index (χ0n) is 13.2. The number of nitrogens with zero attached hydrogens (tertiary/aromatic N) is 1. The molecule has 5 heteroatoms. The molecule has 0 heterocycles. The fourth-order valence-corrected chi connectivity index (χ4v) is 2.76. The molecule has 0 spiro atoms. The van der Waals surface area contributed by atoms with E-state index < -0.39 is 0 Å². The van der Waals surface area contributed by atoms with E-state index in [4.69, 9.17) is 0 Å². The Morgan fingerprint density at radius 3 is 2.17 bits per heavy atom. The summed E-state index contributed by atoms with van der Waals surface area (Å²) in [6.07, 6.45) is 0. The molecular formula is C19H16N2O2S. The zero-order chi connectivity index (χ0) is 17.4. The van der Waals surface area contributed by atoms with Gasteiger partial charge in [-0.25, -0.2) is 0 Å². The number of para-hydroxylation sites is 1. The molecule has 2 rings (SSSR count). The normalized spacial score (nSPS) is 11.2. The number of thioether (sulfide) groups is 1. The molecule has 0 unspecified atom stereocenters. The van der Waals surface area contributed by atoms with Gasteiger partial charge in [-0.3, -0.25) is 9.59 Å². The van der Waals surface area contributed by atoms with Crippen LogP contribution < -0.4 is 5.32 Å². The molecule has 0 aliphatic heterocycles. The highest BCUT2D eigenvalue weighted by atomic mass is 32.2. The van der Waals surface area contributed by atoms with Crippen molar-refractivity contribution in [2.75, 3.05) is 11.1 Å². The van der Waals surface area contributed by atoms with Crippen LogP contribution in [0.15, 0.2) is 71.3 Å². The second-order valence-electron chi connectivity index (χ2n) is 4.99. The highest BCUT2D eigenvalue weighted by molar-refractivity contribution is 8.03. The van der Waals surface area contributed by atoms with Gasteiger partial charge in [0.15, 0.2) is 0 Å². The average Bonchev–Trinajstić information content (AvgIpc) is 2.61. The van der Waals surface area contributed by atoms with Crippen LogP contribution in [0.3, 0.4) is 0 Å². The predicted molar refractivity (Wildman–Crippen MR) is 96.6 cm³/mol. The lowest BCUT2D eigenvalue weighted by molar-refractivity contribution is -0.114. The molecule has 120 valence electrons. The second-order valence-corrected chi connectivity index (χ2v) is 5.98. The van der Waals surface area contributed by atoms with E-state index in [2.05, 4.69) is 5.32 Å². The Balaban J connectivity index is 2.39. The van der Waals surface area contributed by atoms with Crippen molar-refractivity contribution in [1.29, 1.82) is 5.26 Å². The van der Waals surface area contributed by atoms with Crippen molar-refractivity contribution in [2.45, 2.75) is 6.92 Å². The molecule has 2 aromatic carbocycles. The van der Waals surface area contributed by atoms with Gasteiger partial charge >= 0.3 is 0 Å². The van der Waals surface area contributed by atoms with E-state index in [9.17, 15) is 14.9 Å². The number of nitrogens with one attached hydrogen (secondary N) is 1. The summed E-state index contributed by atoms with van der Waals surface area (Å²) in [5.41, 5.74) is 1.18. The van der Waals surface area contributed by atoms with Crippen LogP contribution in [0.25, 0.3) is 0 Å². The van der Waals surface area contributed by atoms with Crippen molar-refractivity contribution in [3.8, 4) is 6.07 Å². The van der Waals surface area contributed by atoms with Gasteiger partial charge in [0, 0.05) is 11.3 Å². The smallest absolute Gasteiger partial charge is 0.206 e. The Morgan fingerprint density at radius 1 is 1.04 bits per heavy atom. The molecule has 0 amide bonds. The lowest BCUT2D eigenvalue weighted by Gasteiger charge is -2.12. The van der Waals surface area contributed by atoms with Crippen molar-refractivity contribution >= 4 is 29.0 Å². The van der Waals surface area contributed by atoms with Crippen LogP contribution in [0, 0.1) is 11.3 Å². The number of nitriles is 1. The van der Waals surface area contributed by atoms with Gasteiger partial charge in [-0.15, -0.1) is 0 Å². The number of hydrogen-bond acceptors (Lipinski definition) is 5. The minimum atomic E-state index is -0.368. The Kier molecular flexibility index (Phi) is 6.35. The van der Waals surface area contributed by atoms with Crippen LogP contribution in [0.4, 0.5) is 5.69 Å². The molecule has 0 saturated heterocycles. The molecule has 0 fully saturated rings. The average molecular weight is 336 g/mol. The van der Waals surface area contributed by atoms with Crippen LogP contribution in [-0.4, -0.2) is 17.3 Å². The van der Waals surface area contributed by atoms with Crippen LogP contribution in [0.2, 0.25) is 0 Å². The molecule has 0 bridgehead atoms. The summed E-state index contributed by atoms with van der Waals surface area (Å²) >= 11 is 1.16. The summed E-state index contributed by atoms with van der Waals surface area (Å²) in [7, 11) is 0. The van der Waals surface area contributed by atoms with Crippen LogP contribution >= 0.6 is 11.8 Å². The van der Waals surface area contributed by atoms with E-state index >= 15 is 0 Å². The highest BCUT2D eigenvalue weighted by Crippen LogP contribution is 2.25. The lowest BCUT2D eigenvalue weighted by Crippen LogP contribution is -2.10. The molecule has 0 aliphatic carbocycles. The maximum absolute atomic E-state index is 12.6. The van der Waals surface area contributed by atoms with Crippen molar-refractivity contribution < 1.29 is 9.59 Å². The molecule has 1 N–H and O–H groups in total. The summed E-state index contributed by atoms with van der Waals surface area (Å²) in [6.45, 7) is 1.47. The highest BCUT2D eigenvalue weighted by Gasteiger charge is 2.18. The van der Waals surface area contributed by atoms with E-state index in [1.165, 1.54) is 6.92 Å². The molecule has 0 aromatic heterocycles. The van der Waals surface area contributed by atoms with Crippen LogP contribution in [0.5, 0.6) is 0 Å².